The molecule has 2 aromatic heterocycles. The number of ether oxygens (including phenoxy) is 2. The van der Waals surface area contributed by atoms with Crippen molar-refractivity contribution >= 4 is 28.2 Å². The highest BCUT2D eigenvalue weighted by Crippen LogP contribution is 2.30. The van der Waals surface area contributed by atoms with E-state index in [1.165, 1.54) is 4.88 Å². The Morgan fingerprint density at radius 3 is 2.83 bits per heavy atom. The van der Waals surface area contributed by atoms with E-state index in [1.807, 2.05) is 41.5 Å². The molecule has 7 heteroatoms. The zero-order chi connectivity index (χ0) is 20.9. The summed E-state index contributed by atoms with van der Waals surface area (Å²) in [5, 5.41) is 2.96. The van der Waals surface area contributed by atoms with Gasteiger partial charge in [-0.1, -0.05) is 6.07 Å². The molecule has 0 aliphatic carbocycles. The Morgan fingerprint density at radius 2 is 2.10 bits per heavy atom. The molecular formula is C23H28N2O4S. The fourth-order valence-electron chi connectivity index (χ4n) is 3.83. The van der Waals surface area contributed by atoms with Crippen molar-refractivity contribution in [1.82, 2.24) is 9.80 Å². The van der Waals surface area contributed by atoms with Crippen LogP contribution in [-0.2, 0) is 11.3 Å². The molecule has 1 amide bonds. The third kappa shape index (κ3) is 4.69. The van der Waals surface area contributed by atoms with Crippen LogP contribution in [-0.4, -0.2) is 62.2 Å². The quantitative estimate of drug-likeness (QED) is 0.539. The number of aryl methyl sites for hydroxylation is 1. The van der Waals surface area contributed by atoms with Crippen LogP contribution in [0.1, 0.15) is 27.4 Å². The molecule has 0 unspecified atom stereocenters. The lowest BCUT2D eigenvalue weighted by atomic mass is 10.1. The van der Waals surface area contributed by atoms with Crippen LogP contribution in [0.3, 0.4) is 0 Å². The van der Waals surface area contributed by atoms with Gasteiger partial charge in [0.15, 0.2) is 5.76 Å². The molecule has 1 saturated heterocycles. The van der Waals surface area contributed by atoms with Gasteiger partial charge < -0.3 is 18.8 Å². The number of furan rings is 1. The van der Waals surface area contributed by atoms with Crippen LogP contribution >= 0.6 is 11.3 Å². The summed E-state index contributed by atoms with van der Waals surface area (Å²) in [6.45, 7) is 7.70. The Bertz CT molecular complexity index is 977. The third-order valence-electron chi connectivity index (χ3n) is 5.56. The van der Waals surface area contributed by atoms with E-state index in [-0.39, 0.29) is 5.91 Å². The Labute approximate surface area is 181 Å². The summed E-state index contributed by atoms with van der Waals surface area (Å²) in [7, 11) is 1.64. The SMILES string of the molecule is COc1ccc2oc(C(=O)N(CCCN3CCOCC3)Cc3cccs3)c(C)c2c1. The Kier molecular flexibility index (Phi) is 6.72. The van der Waals surface area contributed by atoms with Crippen molar-refractivity contribution in [3.63, 3.8) is 0 Å². The number of morpholine rings is 1. The van der Waals surface area contributed by atoms with Crippen molar-refractivity contribution in [2.24, 2.45) is 0 Å². The summed E-state index contributed by atoms with van der Waals surface area (Å²) >= 11 is 1.67. The number of hydrogen-bond donors (Lipinski definition) is 0. The van der Waals surface area contributed by atoms with E-state index in [1.54, 1.807) is 18.4 Å². The first-order valence-corrected chi connectivity index (χ1v) is 11.2. The van der Waals surface area contributed by atoms with E-state index in [9.17, 15) is 4.79 Å². The van der Waals surface area contributed by atoms with E-state index < -0.39 is 0 Å². The Balaban J connectivity index is 1.52. The molecule has 0 radical (unpaired) electrons. The maximum Gasteiger partial charge on any atom is 0.290 e. The van der Waals surface area contributed by atoms with Gasteiger partial charge in [-0.25, -0.2) is 0 Å². The monoisotopic (exact) mass is 428 g/mol. The molecule has 1 aromatic carbocycles. The molecule has 160 valence electrons. The molecule has 3 aromatic rings. The molecule has 1 aliphatic rings. The molecule has 6 nitrogen and oxygen atoms in total. The van der Waals surface area contributed by atoms with Crippen LogP contribution in [0.4, 0.5) is 0 Å². The first kappa shape index (κ1) is 20.9. The van der Waals surface area contributed by atoms with Crippen LogP contribution in [0.2, 0.25) is 0 Å². The molecule has 0 N–H and O–H groups in total. The molecule has 1 aliphatic heterocycles. The zero-order valence-electron chi connectivity index (χ0n) is 17.6. The van der Waals surface area contributed by atoms with E-state index in [2.05, 4.69) is 11.0 Å². The average molecular weight is 429 g/mol. The van der Waals surface area contributed by atoms with Crippen molar-refractivity contribution in [2.45, 2.75) is 19.9 Å². The second-order valence-electron chi connectivity index (χ2n) is 7.53. The van der Waals surface area contributed by atoms with E-state index >= 15 is 0 Å². The third-order valence-corrected chi connectivity index (χ3v) is 6.42. The number of rotatable bonds is 8. The minimum atomic E-state index is -0.0574. The summed E-state index contributed by atoms with van der Waals surface area (Å²) in [6, 6.07) is 9.73. The molecule has 0 atom stereocenters. The summed E-state index contributed by atoms with van der Waals surface area (Å²) in [5.74, 6) is 1.12. The molecule has 30 heavy (non-hydrogen) atoms. The van der Waals surface area contributed by atoms with E-state index in [4.69, 9.17) is 13.9 Å². The van der Waals surface area contributed by atoms with Gasteiger partial charge in [0.25, 0.3) is 5.91 Å². The lowest BCUT2D eigenvalue weighted by Crippen LogP contribution is -2.39. The minimum Gasteiger partial charge on any atom is -0.497 e. The van der Waals surface area contributed by atoms with Crippen LogP contribution < -0.4 is 4.74 Å². The number of fused-ring (bicyclic) bond motifs is 1. The van der Waals surface area contributed by atoms with Crippen molar-refractivity contribution in [1.29, 1.82) is 0 Å². The molecule has 0 bridgehead atoms. The zero-order valence-corrected chi connectivity index (χ0v) is 18.4. The summed E-state index contributed by atoms with van der Waals surface area (Å²) < 4.78 is 16.7. The molecular weight excluding hydrogens is 400 g/mol. The molecule has 0 saturated carbocycles. The predicted octanol–water partition coefficient (Wildman–Crippen LogP) is 4.18. The molecule has 4 rings (SSSR count). The minimum absolute atomic E-state index is 0.0574. The number of carbonyl (C=O) groups excluding carboxylic acids is 1. The standard InChI is InChI=1S/C23H28N2O4S/c1-17-20-15-18(27-2)6-7-21(20)29-22(17)23(26)25(16-19-5-3-14-30-19)9-4-8-24-10-12-28-13-11-24/h3,5-7,14-15H,4,8-13,16H2,1-2H3. The number of methoxy groups -OCH3 is 1. The van der Waals surface area contributed by atoms with Gasteiger partial charge in [-0.15, -0.1) is 11.3 Å². The Morgan fingerprint density at radius 1 is 1.27 bits per heavy atom. The Hall–Kier alpha value is -2.35. The van der Waals surface area contributed by atoms with Gasteiger partial charge >= 0.3 is 0 Å². The second kappa shape index (κ2) is 9.64. The lowest BCUT2D eigenvalue weighted by Gasteiger charge is -2.28. The number of benzene rings is 1. The van der Waals surface area contributed by atoms with Gasteiger partial charge in [-0.2, -0.15) is 0 Å². The van der Waals surface area contributed by atoms with Crippen LogP contribution in [0, 0.1) is 6.92 Å². The highest BCUT2D eigenvalue weighted by molar-refractivity contribution is 7.09. The second-order valence-corrected chi connectivity index (χ2v) is 8.56. The van der Waals surface area contributed by atoms with Crippen molar-refractivity contribution in [3.05, 3.63) is 51.9 Å². The molecule has 0 spiro atoms. The van der Waals surface area contributed by atoms with Gasteiger partial charge in [-0.05, 0) is 43.0 Å². The van der Waals surface area contributed by atoms with Gasteiger partial charge in [0.2, 0.25) is 0 Å². The topological polar surface area (TPSA) is 55.2 Å². The number of thiophene rings is 1. The fourth-order valence-corrected chi connectivity index (χ4v) is 4.55. The first-order valence-electron chi connectivity index (χ1n) is 10.3. The number of nitrogens with zero attached hydrogens (tertiary/aromatic N) is 2. The smallest absolute Gasteiger partial charge is 0.290 e. The summed E-state index contributed by atoms with van der Waals surface area (Å²) in [4.78, 5) is 19.0. The summed E-state index contributed by atoms with van der Waals surface area (Å²) in [5.41, 5.74) is 1.57. The summed E-state index contributed by atoms with van der Waals surface area (Å²) in [6.07, 6.45) is 0.921. The predicted molar refractivity (Wildman–Crippen MR) is 118 cm³/mol. The van der Waals surface area contributed by atoms with E-state index in [0.29, 0.717) is 24.4 Å². The first-order chi connectivity index (χ1) is 14.7. The van der Waals surface area contributed by atoms with Gasteiger partial charge in [0, 0.05) is 42.0 Å². The maximum atomic E-state index is 13.5. The molecule has 3 heterocycles. The number of hydrogen-bond acceptors (Lipinski definition) is 6. The largest absolute Gasteiger partial charge is 0.497 e. The van der Waals surface area contributed by atoms with E-state index in [0.717, 1.165) is 56.0 Å². The number of amides is 1. The van der Waals surface area contributed by atoms with Gasteiger partial charge in [0.1, 0.15) is 11.3 Å². The highest BCUT2D eigenvalue weighted by atomic mass is 32.1. The van der Waals surface area contributed by atoms with Crippen LogP contribution in [0.15, 0.2) is 40.1 Å². The maximum absolute atomic E-state index is 13.5. The van der Waals surface area contributed by atoms with Gasteiger partial charge in [-0.3, -0.25) is 9.69 Å². The van der Waals surface area contributed by atoms with Crippen molar-refractivity contribution < 1.29 is 18.7 Å². The van der Waals surface area contributed by atoms with Crippen LogP contribution in [0.25, 0.3) is 11.0 Å². The lowest BCUT2D eigenvalue weighted by molar-refractivity contribution is 0.0354. The number of carbonyl (C=O) groups is 1. The van der Waals surface area contributed by atoms with Crippen molar-refractivity contribution in [3.8, 4) is 5.75 Å². The fraction of sp³-hybridized carbons (Fsp3) is 0.435. The van der Waals surface area contributed by atoms with Crippen LogP contribution in [0.5, 0.6) is 5.75 Å². The van der Waals surface area contributed by atoms with Crippen molar-refractivity contribution in [2.75, 3.05) is 46.5 Å². The average Bonchev–Trinajstić information content (AvgIpc) is 3.41. The van der Waals surface area contributed by atoms with Gasteiger partial charge in [0.05, 0.1) is 26.9 Å². The normalized spacial score (nSPS) is 14.9. The highest BCUT2D eigenvalue weighted by Gasteiger charge is 2.24. The molecule has 1 fully saturated rings.